The number of nitrogens with one attached hydrogen (secondary N) is 1. The van der Waals surface area contributed by atoms with Crippen LogP contribution in [0, 0.1) is 0 Å². The maximum Gasteiger partial charge on any atom is 0.228 e. The lowest BCUT2D eigenvalue weighted by Crippen LogP contribution is -2.23. The van der Waals surface area contributed by atoms with E-state index in [0.717, 1.165) is 18.8 Å². The van der Waals surface area contributed by atoms with E-state index in [1.54, 1.807) is 25.3 Å². The van der Waals surface area contributed by atoms with E-state index in [-0.39, 0.29) is 18.1 Å². The Morgan fingerprint density at radius 3 is 2.29 bits per heavy atom. The number of carbonyl (C=O) groups excluding carboxylic acids is 2. The summed E-state index contributed by atoms with van der Waals surface area (Å²) in [5.74, 6) is 0.437. The minimum atomic E-state index is -0.137. The molecule has 0 bridgehead atoms. The van der Waals surface area contributed by atoms with E-state index in [2.05, 4.69) is 22.3 Å². The highest BCUT2D eigenvalue weighted by molar-refractivity contribution is 5.96. The van der Waals surface area contributed by atoms with Crippen molar-refractivity contribution in [3.05, 3.63) is 53.6 Å². The Labute approximate surface area is 166 Å². The van der Waals surface area contributed by atoms with Crippen LogP contribution in [0.25, 0.3) is 0 Å². The molecule has 1 saturated heterocycles. The van der Waals surface area contributed by atoms with Crippen molar-refractivity contribution in [2.24, 2.45) is 0 Å². The standard InChI is InChI=1S/C23H28N2O3/c1-17(26)18-7-12-22(28-2)19(15-18)16-23(27)24-20-8-10-21(11-9-20)25-13-5-3-4-6-14-25/h7-12,15H,3-6,13-14,16H2,1-2H3,(H,24,27). The second-order valence-corrected chi connectivity index (χ2v) is 7.26. The summed E-state index contributed by atoms with van der Waals surface area (Å²) in [5.41, 5.74) is 3.25. The molecular weight excluding hydrogens is 352 g/mol. The van der Waals surface area contributed by atoms with Gasteiger partial charge < -0.3 is 15.0 Å². The normalized spacial score (nSPS) is 14.3. The Bertz CT molecular complexity index is 822. The van der Waals surface area contributed by atoms with Crippen molar-refractivity contribution in [1.29, 1.82) is 0 Å². The predicted molar refractivity (Wildman–Crippen MR) is 112 cm³/mol. The van der Waals surface area contributed by atoms with Crippen molar-refractivity contribution < 1.29 is 14.3 Å². The summed E-state index contributed by atoms with van der Waals surface area (Å²) in [6.45, 7) is 3.70. The number of benzene rings is 2. The predicted octanol–water partition coefficient (Wildman–Crippen LogP) is 4.46. The summed E-state index contributed by atoms with van der Waals surface area (Å²) in [6, 6.07) is 13.2. The van der Waals surface area contributed by atoms with E-state index in [9.17, 15) is 9.59 Å². The zero-order valence-corrected chi connectivity index (χ0v) is 16.7. The van der Waals surface area contributed by atoms with Crippen LogP contribution in [0.4, 0.5) is 11.4 Å². The molecule has 0 spiro atoms. The van der Waals surface area contributed by atoms with Crippen LogP contribution >= 0.6 is 0 Å². The van der Waals surface area contributed by atoms with Crippen molar-refractivity contribution in [3.8, 4) is 5.75 Å². The zero-order valence-electron chi connectivity index (χ0n) is 16.7. The third-order valence-electron chi connectivity index (χ3n) is 5.16. The van der Waals surface area contributed by atoms with Crippen LogP contribution in [0.2, 0.25) is 0 Å². The van der Waals surface area contributed by atoms with E-state index in [4.69, 9.17) is 4.74 Å². The summed E-state index contributed by atoms with van der Waals surface area (Å²) in [5, 5.41) is 2.93. The molecule has 0 aromatic heterocycles. The molecule has 5 nitrogen and oxygen atoms in total. The van der Waals surface area contributed by atoms with Gasteiger partial charge in [-0.15, -0.1) is 0 Å². The van der Waals surface area contributed by atoms with Crippen LogP contribution in [0.1, 0.15) is 48.5 Å². The lowest BCUT2D eigenvalue weighted by Gasteiger charge is -2.22. The number of ketones is 1. The van der Waals surface area contributed by atoms with Crippen LogP contribution in [-0.4, -0.2) is 31.9 Å². The van der Waals surface area contributed by atoms with Gasteiger partial charge in [-0.1, -0.05) is 12.8 Å². The number of hydrogen-bond donors (Lipinski definition) is 1. The second kappa shape index (κ2) is 9.40. The fourth-order valence-corrected chi connectivity index (χ4v) is 3.60. The molecule has 0 atom stereocenters. The number of ether oxygens (including phenoxy) is 1. The number of Topliss-reactive ketones (excluding diaryl/α,β-unsaturated/α-hetero) is 1. The molecule has 1 fully saturated rings. The topological polar surface area (TPSA) is 58.6 Å². The van der Waals surface area contributed by atoms with Crippen molar-refractivity contribution in [3.63, 3.8) is 0 Å². The van der Waals surface area contributed by atoms with Crippen LogP contribution in [0.3, 0.4) is 0 Å². The highest BCUT2D eigenvalue weighted by Gasteiger charge is 2.13. The SMILES string of the molecule is COc1ccc(C(C)=O)cc1CC(=O)Nc1ccc(N2CCCCCC2)cc1. The lowest BCUT2D eigenvalue weighted by atomic mass is 10.0. The molecule has 2 aromatic carbocycles. The van der Waals surface area contributed by atoms with Crippen LogP contribution in [0.15, 0.2) is 42.5 Å². The van der Waals surface area contributed by atoms with Gasteiger partial charge in [-0.05, 0) is 62.2 Å². The molecule has 1 aliphatic heterocycles. The first kappa shape index (κ1) is 19.9. The Balaban J connectivity index is 1.65. The third-order valence-corrected chi connectivity index (χ3v) is 5.16. The van der Waals surface area contributed by atoms with Gasteiger partial charge in [-0.25, -0.2) is 0 Å². The molecule has 3 rings (SSSR count). The first-order valence-electron chi connectivity index (χ1n) is 9.89. The van der Waals surface area contributed by atoms with E-state index >= 15 is 0 Å². The molecule has 1 amide bonds. The van der Waals surface area contributed by atoms with Crippen LogP contribution in [-0.2, 0) is 11.2 Å². The van der Waals surface area contributed by atoms with Crippen molar-refractivity contribution >= 4 is 23.1 Å². The fraction of sp³-hybridized carbons (Fsp3) is 0.391. The number of rotatable bonds is 6. The molecular formula is C23H28N2O3. The van der Waals surface area contributed by atoms with Gasteiger partial charge in [0.2, 0.25) is 5.91 Å². The first-order chi connectivity index (χ1) is 13.6. The van der Waals surface area contributed by atoms with Gasteiger partial charge >= 0.3 is 0 Å². The van der Waals surface area contributed by atoms with Crippen LogP contribution in [0.5, 0.6) is 5.75 Å². The molecule has 0 aliphatic carbocycles. The molecule has 0 unspecified atom stereocenters. The number of hydrogen-bond acceptors (Lipinski definition) is 4. The maximum absolute atomic E-state index is 12.5. The summed E-state index contributed by atoms with van der Waals surface area (Å²) in [6.07, 6.45) is 5.23. The lowest BCUT2D eigenvalue weighted by molar-refractivity contribution is -0.115. The molecule has 0 radical (unpaired) electrons. The number of nitrogens with zero attached hydrogens (tertiary/aromatic N) is 1. The number of carbonyl (C=O) groups is 2. The summed E-state index contributed by atoms with van der Waals surface area (Å²) < 4.78 is 5.33. The van der Waals surface area contributed by atoms with Gasteiger partial charge in [0, 0.05) is 35.6 Å². The molecule has 1 N–H and O–H groups in total. The Morgan fingerprint density at radius 2 is 1.68 bits per heavy atom. The van der Waals surface area contributed by atoms with Gasteiger partial charge in [0.1, 0.15) is 5.75 Å². The van der Waals surface area contributed by atoms with Crippen molar-refractivity contribution in [2.75, 3.05) is 30.4 Å². The Kier molecular flexibility index (Phi) is 6.69. The monoisotopic (exact) mass is 380 g/mol. The molecule has 0 saturated carbocycles. The Hall–Kier alpha value is -2.82. The van der Waals surface area contributed by atoms with E-state index in [1.807, 2.05) is 12.1 Å². The van der Waals surface area contributed by atoms with E-state index < -0.39 is 0 Å². The fourth-order valence-electron chi connectivity index (χ4n) is 3.60. The molecule has 2 aromatic rings. The van der Waals surface area contributed by atoms with E-state index in [0.29, 0.717) is 16.9 Å². The second-order valence-electron chi connectivity index (χ2n) is 7.26. The first-order valence-corrected chi connectivity index (χ1v) is 9.89. The van der Waals surface area contributed by atoms with Crippen LogP contribution < -0.4 is 15.0 Å². The molecule has 1 aliphatic rings. The average molecular weight is 380 g/mol. The highest BCUT2D eigenvalue weighted by atomic mass is 16.5. The number of amides is 1. The Morgan fingerprint density at radius 1 is 1.00 bits per heavy atom. The molecule has 1 heterocycles. The average Bonchev–Trinajstić information content (AvgIpc) is 2.98. The smallest absolute Gasteiger partial charge is 0.228 e. The molecule has 28 heavy (non-hydrogen) atoms. The minimum Gasteiger partial charge on any atom is -0.496 e. The van der Waals surface area contributed by atoms with Gasteiger partial charge in [0.25, 0.3) is 0 Å². The molecule has 5 heteroatoms. The minimum absolute atomic E-state index is 0.0339. The van der Waals surface area contributed by atoms with Gasteiger partial charge in [0.05, 0.1) is 13.5 Å². The largest absolute Gasteiger partial charge is 0.496 e. The van der Waals surface area contributed by atoms with Gasteiger partial charge in [-0.3, -0.25) is 9.59 Å². The van der Waals surface area contributed by atoms with Crippen molar-refractivity contribution in [2.45, 2.75) is 39.0 Å². The zero-order chi connectivity index (χ0) is 19.9. The highest BCUT2D eigenvalue weighted by Crippen LogP contribution is 2.23. The number of methoxy groups -OCH3 is 1. The third kappa shape index (κ3) is 5.12. The van der Waals surface area contributed by atoms with Gasteiger partial charge in [-0.2, -0.15) is 0 Å². The maximum atomic E-state index is 12.5. The number of anilines is 2. The summed E-state index contributed by atoms with van der Waals surface area (Å²) in [4.78, 5) is 26.5. The quantitative estimate of drug-likeness (QED) is 0.752. The van der Waals surface area contributed by atoms with Crippen molar-refractivity contribution in [1.82, 2.24) is 0 Å². The summed E-state index contributed by atoms with van der Waals surface area (Å²) in [7, 11) is 1.56. The van der Waals surface area contributed by atoms with Gasteiger partial charge in [0.15, 0.2) is 5.78 Å². The molecule has 148 valence electrons. The summed E-state index contributed by atoms with van der Waals surface area (Å²) >= 11 is 0. The van der Waals surface area contributed by atoms with E-state index in [1.165, 1.54) is 38.3 Å².